The summed E-state index contributed by atoms with van der Waals surface area (Å²) in [6, 6.07) is 5.75. The summed E-state index contributed by atoms with van der Waals surface area (Å²) >= 11 is 1.10. The van der Waals surface area contributed by atoms with Crippen LogP contribution >= 0.6 is 11.8 Å². The van der Waals surface area contributed by atoms with E-state index in [9.17, 15) is 14.4 Å². The standard InChI is InChI=1S/C14H17NO5S/c16-7-2-5-12(17)21-8-6-15-13(18)10-3-1-4-11(9-10)14(19)20/h1,3-4,9,16H,2,5-8H2,(H,15,18)(H,19,20). The molecule has 0 spiro atoms. The quantitative estimate of drug-likeness (QED) is 0.622. The van der Waals surface area contributed by atoms with Gasteiger partial charge in [-0.3, -0.25) is 9.59 Å². The number of carboxylic acids is 1. The number of hydrogen-bond acceptors (Lipinski definition) is 5. The number of benzene rings is 1. The molecule has 0 saturated carbocycles. The summed E-state index contributed by atoms with van der Waals surface area (Å²) in [6.45, 7) is 0.300. The van der Waals surface area contributed by atoms with Crippen LogP contribution in [-0.2, 0) is 4.79 Å². The lowest BCUT2D eigenvalue weighted by Gasteiger charge is -2.05. The molecule has 0 radical (unpaired) electrons. The van der Waals surface area contributed by atoms with Crippen molar-refractivity contribution in [3.63, 3.8) is 0 Å². The summed E-state index contributed by atoms with van der Waals surface area (Å²) in [5.41, 5.74) is 0.322. The number of carbonyl (C=O) groups is 3. The van der Waals surface area contributed by atoms with Crippen molar-refractivity contribution in [2.75, 3.05) is 18.9 Å². The molecule has 1 rings (SSSR count). The maximum absolute atomic E-state index is 11.8. The Morgan fingerprint density at radius 2 is 1.90 bits per heavy atom. The van der Waals surface area contributed by atoms with Gasteiger partial charge in [-0.25, -0.2) is 4.79 Å². The average Bonchev–Trinajstić information content (AvgIpc) is 2.49. The van der Waals surface area contributed by atoms with Crippen LogP contribution in [0.4, 0.5) is 0 Å². The minimum absolute atomic E-state index is 0.0110. The third kappa shape index (κ3) is 6.42. The van der Waals surface area contributed by atoms with Gasteiger partial charge in [0, 0.05) is 30.9 Å². The van der Waals surface area contributed by atoms with Crippen LogP contribution in [0.5, 0.6) is 0 Å². The first kappa shape index (κ1) is 17.2. The Morgan fingerprint density at radius 3 is 2.57 bits per heavy atom. The first-order valence-electron chi connectivity index (χ1n) is 6.42. The Hall–Kier alpha value is -1.86. The summed E-state index contributed by atoms with van der Waals surface area (Å²) in [6.07, 6.45) is 0.760. The van der Waals surface area contributed by atoms with Crippen LogP contribution in [0.3, 0.4) is 0 Å². The van der Waals surface area contributed by atoms with Gasteiger partial charge in [0.15, 0.2) is 5.12 Å². The Kier molecular flexibility index (Phi) is 7.49. The molecular weight excluding hydrogens is 294 g/mol. The molecule has 0 heterocycles. The zero-order chi connectivity index (χ0) is 15.7. The van der Waals surface area contributed by atoms with E-state index in [0.717, 1.165) is 11.8 Å². The van der Waals surface area contributed by atoms with Gasteiger partial charge in [0.1, 0.15) is 0 Å². The molecule has 0 aliphatic heterocycles. The van der Waals surface area contributed by atoms with Crippen LogP contribution in [0.25, 0.3) is 0 Å². The molecule has 3 N–H and O–H groups in total. The van der Waals surface area contributed by atoms with Crippen molar-refractivity contribution in [3.8, 4) is 0 Å². The minimum atomic E-state index is -1.09. The number of carbonyl (C=O) groups excluding carboxylic acids is 2. The van der Waals surface area contributed by atoms with Crippen molar-refractivity contribution in [3.05, 3.63) is 35.4 Å². The maximum atomic E-state index is 11.8. The van der Waals surface area contributed by atoms with Crippen LogP contribution in [0.2, 0.25) is 0 Å². The second kappa shape index (κ2) is 9.15. The Bertz CT molecular complexity index is 518. The second-order valence-corrected chi connectivity index (χ2v) is 5.34. The summed E-state index contributed by atoms with van der Waals surface area (Å²) in [5, 5.41) is 20.0. The van der Waals surface area contributed by atoms with E-state index in [1.165, 1.54) is 24.3 Å². The fraction of sp³-hybridized carbons (Fsp3) is 0.357. The number of rotatable bonds is 8. The summed E-state index contributed by atoms with van der Waals surface area (Å²) in [5.74, 6) is -1.02. The third-order valence-corrected chi connectivity index (χ3v) is 3.50. The predicted molar refractivity (Wildman–Crippen MR) is 79.5 cm³/mol. The van der Waals surface area contributed by atoms with Gasteiger partial charge < -0.3 is 15.5 Å². The highest BCUT2D eigenvalue weighted by Crippen LogP contribution is 2.07. The van der Waals surface area contributed by atoms with Crippen molar-refractivity contribution < 1.29 is 24.6 Å². The van der Waals surface area contributed by atoms with Gasteiger partial charge in [-0.05, 0) is 24.6 Å². The number of aliphatic hydroxyl groups excluding tert-OH is 1. The van der Waals surface area contributed by atoms with Crippen molar-refractivity contribution in [2.45, 2.75) is 12.8 Å². The molecule has 7 heteroatoms. The molecule has 1 aromatic rings. The van der Waals surface area contributed by atoms with Crippen molar-refractivity contribution in [2.24, 2.45) is 0 Å². The molecule has 0 aromatic heterocycles. The highest BCUT2D eigenvalue weighted by Gasteiger charge is 2.09. The van der Waals surface area contributed by atoms with Crippen LogP contribution in [0.1, 0.15) is 33.6 Å². The Morgan fingerprint density at radius 1 is 1.19 bits per heavy atom. The molecule has 0 aliphatic rings. The lowest BCUT2D eigenvalue weighted by Crippen LogP contribution is -2.26. The van der Waals surface area contributed by atoms with Gasteiger partial charge in [0.2, 0.25) is 0 Å². The lowest BCUT2D eigenvalue weighted by atomic mass is 10.1. The molecule has 0 atom stereocenters. The van der Waals surface area contributed by atoms with Gasteiger partial charge in [-0.1, -0.05) is 17.8 Å². The van der Waals surface area contributed by atoms with Crippen LogP contribution in [0, 0.1) is 0 Å². The number of aliphatic hydroxyl groups is 1. The van der Waals surface area contributed by atoms with Gasteiger partial charge in [-0.2, -0.15) is 0 Å². The van der Waals surface area contributed by atoms with E-state index in [-0.39, 0.29) is 28.8 Å². The first-order valence-corrected chi connectivity index (χ1v) is 7.41. The lowest BCUT2D eigenvalue weighted by molar-refractivity contribution is -0.111. The predicted octanol–water partition coefficient (Wildman–Crippen LogP) is 1.15. The van der Waals surface area contributed by atoms with Gasteiger partial charge in [-0.15, -0.1) is 0 Å². The SMILES string of the molecule is O=C(CCCO)SCCNC(=O)c1cccc(C(=O)O)c1. The monoisotopic (exact) mass is 311 g/mol. The largest absolute Gasteiger partial charge is 0.478 e. The first-order chi connectivity index (χ1) is 10.0. The zero-order valence-electron chi connectivity index (χ0n) is 11.4. The number of aromatic carboxylic acids is 1. The molecule has 1 aromatic carbocycles. The Balaban J connectivity index is 2.35. The molecule has 0 bridgehead atoms. The highest BCUT2D eigenvalue weighted by molar-refractivity contribution is 8.13. The fourth-order valence-electron chi connectivity index (χ4n) is 1.52. The smallest absolute Gasteiger partial charge is 0.335 e. The number of amides is 1. The molecule has 0 saturated heterocycles. The molecule has 0 unspecified atom stereocenters. The third-order valence-electron chi connectivity index (χ3n) is 2.56. The number of nitrogens with one attached hydrogen (secondary N) is 1. The Labute approximate surface area is 126 Å². The van der Waals surface area contributed by atoms with E-state index in [2.05, 4.69) is 5.32 Å². The second-order valence-electron chi connectivity index (χ2n) is 4.19. The van der Waals surface area contributed by atoms with Gasteiger partial charge in [0.05, 0.1) is 5.56 Å². The number of hydrogen-bond donors (Lipinski definition) is 3. The molecule has 6 nitrogen and oxygen atoms in total. The van der Waals surface area contributed by atoms with Crippen LogP contribution in [0.15, 0.2) is 24.3 Å². The zero-order valence-corrected chi connectivity index (χ0v) is 12.2. The van der Waals surface area contributed by atoms with E-state index < -0.39 is 5.97 Å². The van der Waals surface area contributed by atoms with Crippen LogP contribution in [-0.4, -0.2) is 46.1 Å². The van der Waals surface area contributed by atoms with E-state index >= 15 is 0 Å². The summed E-state index contributed by atoms with van der Waals surface area (Å²) in [7, 11) is 0. The van der Waals surface area contributed by atoms with Crippen molar-refractivity contribution in [1.29, 1.82) is 0 Å². The van der Waals surface area contributed by atoms with Crippen molar-refractivity contribution >= 4 is 28.8 Å². The van der Waals surface area contributed by atoms with E-state index in [1.54, 1.807) is 0 Å². The van der Waals surface area contributed by atoms with E-state index in [1.807, 2.05) is 0 Å². The van der Waals surface area contributed by atoms with Gasteiger partial charge in [0.25, 0.3) is 5.91 Å². The summed E-state index contributed by atoms with van der Waals surface area (Å²) < 4.78 is 0. The van der Waals surface area contributed by atoms with Crippen molar-refractivity contribution in [1.82, 2.24) is 5.32 Å². The normalized spacial score (nSPS) is 10.1. The fourth-order valence-corrected chi connectivity index (χ4v) is 2.24. The molecule has 114 valence electrons. The molecule has 21 heavy (non-hydrogen) atoms. The number of carboxylic acid groups (broad SMARTS) is 1. The molecule has 0 fully saturated rings. The minimum Gasteiger partial charge on any atom is -0.478 e. The maximum Gasteiger partial charge on any atom is 0.335 e. The van der Waals surface area contributed by atoms with E-state index in [0.29, 0.717) is 25.1 Å². The topological polar surface area (TPSA) is 104 Å². The molecular formula is C14H17NO5S. The molecule has 1 amide bonds. The number of thioether (sulfide) groups is 1. The average molecular weight is 311 g/mol. The van der Waals surface area contributed by atoms with E-state index in [4.69, 9.17) is 10.2 Å². The van der Waals surface area contributed by atoms with Gasteiger partial charge >= 0.3 is 5.97 Å². The molecule has 0 aliphatic carbocycles. The van der Waals surface area contributed by atoms with Crippen LogP contribution < -0.4 is 5.32 Å². The highest BCUT2D eigenvalue weighted by atomic mass is 32.2. The summed E-state index contributed by atoms with van der Waals surface area (Å²) in [4.78, 5) is 33.9.